The van der Waals surface area contributed by atoms with E-state index in [1.54, 1.807) is 6.20 Å². The van der Waals surface area contributed by atoms with Crippen molar-refractivity contribution in [3.63, 3.8) is 0 Å². The number of hydrogen-bond acceptors (Lipinski definition) is 6. The predicted molar refractivity (Wildman–Crippen MR) is 111 cm³/mol. The van der Waals surface area contributed by atoms with E-state index in [9.17, 15) is 24.0 Å². The number of benzene rings is 1. The summed E-state index contributed by atoms with van der Waals surface area (Å²) in [4.78, 5) is 61.1. The topological polar surface area (TPSA) is 212 Å². The van der Waals surface area contributed by atoms with E-state index in [-0.39, 0.29) is 6.42 Å². The molecule has 0 unspecified atom stereocenters. The Morgan fingerprint density at radius 3 is 2.22 bits per heavy atom. The number of carboxylic acids is 3. The van der Waals surface area contributed by atoms with E-state index >= 15 is 0 Å². The Morgan fingerprint density at radius 1 is 0.938 bits per heavy atom. The highest BCUT2D eigenvalue weighted by molar-refractivity contribution is 5.94. The third-order valence-corrected chi connectivity index (χ3v) is 4.72. The summed E-state index contributed by atoms with van der Waals surface area (Å²) in [6.07, 6.45) is 0.0440. The Bertz CT molecular complexity index is 1020. The maximum atomic E-state index is 12.5. The van der Waals surface area contributed by atoms with Crippen molar-refractivity contribution in [3.05, 3.63) is 36.0 Å². The second kappa shape index (κ2) is 10.9. The minimum Gasteiger partial charge on any atom is -0.481 e. The van der Waals surface area contributed by atoms with Crippen LogP contribution in [-0.4, -0.2) is 68.2 Å². The van der Waals surface area contributed by atoms with Gasteiger partial charge >= 0.3 is 17.9 Å². The fourth-order valence-electron chi connectivity index (χ4n) is 3.09. The molecule has 0 aliphatic carbocycles. The lowest BCUT2D eigenvalue weighted by atomic mass is 10.0. The van der Waals surface area contributed by atoms with Gasteiger partial charge in [-0.05, 0) is 24.5 Å². The molecule has 8 N–H and O–H groups in total. The van der Waals surface area contributed by atoms with Gasteiger partial charge in [0.2, 0.25) is 11.8 Å². The van der Waals surface area contributed by atoms with Crippen molar-refractivity contribution in [2.75, 3.05) is 0 Å². The Morgan fingerprint density at radius 2 is 1.59 bits per heavy atom. The van der Waals surface area contributed by atoms with Crippen LogP contribution in [0.5, 0.6) is 0 Å². The standard InChI is InChI=1S/C20H24N4O8/c21-12(7-10-9-22-13-4-2-1-3-11(10)13)18(29)24-15(8-17(27)28)19(30)23-14(20(31)32)5-6-16(25)26/h1-4,9,12,14-15,22H,5-8,21H2,(H,23,30)(H,24,29)(H,25,26)(H,27,28)(H,31,32)/t12-,14-,15-/m0/s1. The number of nitrogens with two attached hydrogens (primary N) is 1. The van der Waals surface area contributed by atoms with Crippen molar-refractivity contribution < 1.29 is 39.3 Å². The molecule has 1 aromatic heterocycles. The molecule has 12 heteroatoms. The van der Waals surface area contributed by atoms with Gasteiger partial charge < -0.3 is 36.7 Å². The van der Waals surface area contributed by atoms with Crippen molar-refractivity contribution >= 4 is 40.6 Å². The van der Waals surface area contributed by atoms with Crippen molar-refractivity contribution in [1.29, 1.82) is 0 Å². The van der Waals surface area contributed by atoms with Gasteiger partial charge in [0.25, 0.3) is 0 Å². The second-order valence-corrected chi connectivity index (χ2v) is 7.16. The number of rotatable bonds is 12. The van der Waals surface area contributed by atoms with Crippen LogP contribution in [-0.2, 0) is 30.4 Å². The zero-order chi connectivity index (χ0) is 23.8. The molecule has 3 atom stereocenters. The fraction of sp³-hybridized carbons (Fsp3) is 0.350. The summed E-state index contributed by atoms with van der Waals surface area (Å²) >= 11 is 0. The van der Waals surface area contributed by atoms with E-state index in [0.29, 0.717) is 0 Å². The van der Waals surface area contributed by atoms with Crippen molar-refractivity contribution in [2.45, 2.75) is 43.8 Å². The number of amides is 2. The van der Waals surface area contributed by atoms with Crippen LogP contribution >= 0.6 is 0 Å². The average Bonchev–Trinajstić information content (AvgIpc) is 3.12. The maximum Gasteiger partial charge on any atom is 0.326 e. The zero-order valence-corrected chi connectivity index (χ0v) is 16.9. The number of hydrogen-bond donors (Lipinski definition) is 7. The van der Waals surface area contributed by atoms with Crippen LogP contribution in [0.3, 0.4) is 0 Å². The molecule has 0 radical (unpaired) electrons. The number of aliphatic carboxylic acids is 3. The van der Waals surface area contributed by atoms with E-state index < -0.39 is 67.1 Å². The van der Waals surface area contributed by atoms with Gasteiger partial charge in [-0.2, -0.15) is 0 Å². The number of H-pyrrole nitrogens is 1. The first-order chi connectivity index (χ1) is 15.1. The summed E-state index contributed by atoms with van der Waals surface area (Å²) in [5.41, 5.74) is 7.54. The number of carbonyl (C=O) groups is 5. The quantitative estimate of drug-likeness (QED) is 0.221. The largest absolute Gasteiger partial charge is 0.481 e. The molecule has 0 aliphatic rings. The molecule has 0 fully saturated rings. The van der Waals surface area contributed by atoms with Crippen LogP contribution in [0, 0.1) is 0 Å². The number of nitrogens with one attached hydrogen (secondary N) is 3. The van der Waals surface area contributed by atoms with Gasteiger partial charge in [0.1, 0.15) is 12.1 Å². The smallest absolute Gasteiger partial charge is 0.326 e. The number of para-hydroxylation sites is 1. The molecule has 0 bridgehead atoms. The van der Waals surface area contributed by atoms with Crippen molar-refractivity contribution in [2.24, 2.45) is 5.73 Å². The molecule has 0 spiro atoms. The van der Waals surface area contributed by atoms with Gasteiger partial charge in [0.15, 0.2) is 0 Å². The first kappa shape index (κ1) is 24.3. The summed E-state index contributed by atoms with van der Waals surface area (Å²) in [6.45, 7) is 0. The van der Waals surface area contributed by atoms with Gasteiger partial charge in [-0.1, -0.05) is 18.2 Å². The average molecular weight is 448 g/mol. The number of aromatic amines is 1. The van der Waals surface area contributed by atoms with E-state index in [0.717, 1.165) is 16.5 Å². The molecule has 0 aliphatic heterocycles. The fourth-order valence-corrected chi connectivity index (χ4v) is 3.09. The molecule has 0 saturated heterocycles. The van der Waals surface area contributed by atoms with E-state index in [1.807, 2.05) is 24.3 Å². The molecule has 172 valence electrons. The second-order valence-electron chi connectivity index (χ2n) is 7.16. The first-order valence-electron chi connectivity index (χ1n) is 9.66. The van der Waals surface area contributed by atoms with Crippen molar-refractivity contribution in [1.82, 2.24) is 15.6 Å². The zero-order valence-electron chi connectivity index (χ0n) is 16.9. The molecule has 1 aromatic carbocycles. The lowest BCUT2D eigenvalue weighted by Crippen LogP contribution is -2.55. The van der Waals surface area contributed by atoms with E-state index in [4.69, 9.17) is 21.1 Å². The molecule has 32 heavy (non-hydrogen) atoms. The van der Waals surface area contributed by atoms with Crippen LogP contribution in [0.4, 0.5) is 0 Å². The van der Waals surface area contributed by atoms with Crippen molar-refractivity contribution in [3.8, 4) is 0 Å². The summed E-state index contributed by atoms with van der Waals surface area (Å²) in [5.74, 6) is -6.03. The Hall–Kier alpha value is -3.93. The first-order valence-corrected chi connectivity index (χ1v) is 9.66. The Balaban J connectivity index is 2.06. The van der Waals surface area contributed by atoms with Crippen LogP contribution in [0.25, 0.3) is 10.9 Å². The number of fused-ring (bicyclic) bond motifs is 1. The third kappa shape index (κ3) is 6.80. The molecular formula is C20H24N4O8. The molecule has 2 amide bonds. The molecule has 0 saturated carbocycles. The number of carbonyl (C=O) groups excluding carboxylic acids is 2. The van der Waals surface area contributed by atoms with Gasteiger partial charge in [0, 0.05) is 23.5 Å². The van der Waals surface area contributed by atoms with Crippen LogP contribution < -0.4 is 16.4 Å². The van der Waals surface area contributed by atoms with Gasteiger partial charge in [-0.3, -0.25) is 19.2 Å². The Labute approximate surface area is 181 Å². The molecular weight excluding hydrogens is 424 g/mol. The minimum absolute atomic E-state index is 0.105. The normalized spacial score (nSPS) is 13.7. The Kier molecular flexibility index (Phi) is 8.30. The lowest BCUT2D eigenvalue weighted by Gasteiger charge is -2.21. The molecule has 2 rings (SSSR count). The van der Waals surface area contributed by atoms with Crippen LogP contribution in [0.15, 0.2) is 30.5 Å². The molecule has 12 nitrogen and oxygen atoms in total. The highest BCUT2D eigenvalue weighted by Gasteiger charge is 2.30. The monoisotopic (exact) mass is 448 g/mol. The highest BCUT2D eigenvalue weighted by atomic mass is 16.4. The molecule has 2 aromatic rings. The summed E-state index contributed by atoms with van der Waals surface area (Å²) in [5, 5.41) is 32.1. The lowest BCUT2D eigenvalue weighted by molar-refractivity contribution is -0.144. The number of carboxylic acid groups (broad SMARTS) is 3. The van der Waals surface area contributed by atoms with E-state index in [1.165, 1.54) is 0 Å². The van der Waals surface area contributed by atoms with Crippen LogP contribution in [0.2, 0.25) is 0 Å². The molecule has 1 heterocycles. The highest BCUT2D eigenvalue weighted by Crippen LogP contribution is 2.18. The van der Waals surface area contributed by atoms with Crippen LogP contribution in [0.1, 0.15) is 24.8 Å². The van der Waals surface area contributed by atoms with Gasteiger partial charge in [-0.15, -0.1) is 0 Å². The van der Waals surface area contributed by atoms with E-state index in [2.05, 4.69) is 15.6 Å². The third-order valence-electron chi connectivity index (χ3n) is 4.72. The summed E-state index contributed by atoms with van der Waals surface area (Å²) < 4.78 is 0. The van der Waals surface area contributed by atoms with Gasteiger partial charge in [-0.25, -0.2) is 4.79 Å². The summed E-state index contributed by atoms with van der Waals surface area (Å²) in [7, 11) is 0. The maximum absolute atomic E-state index is 12.5. The SMILES string of the molecule is N[C@@H](Cc1c[nH]c2ccccc12)C(=O)N[C@@H](CC(=O)O)C(=O)N[C@@H](CCC(=O)O)C(=O)O. The minimum atomic E-state index is -1.60. The summed E-state index contributed by atoms with van der Waals surface area (Å²) in [6, 6.07) is 3.08. The number of aromatic nitrogens is 1. The van der Waals surface area contributed by atoms with Gasteiger partial charge in [0.05, 0.1) is 12.5 Å². The predicted octanol–water partition coefficient (Wildman–Crippen LogP) is -0.569.